The average Bonchev–Trinajstić information content (AvgIpc) is 2.83. The van der Waals surface area contributed by atoms with Crippen LogP contribution in [0.2, 0.25) is 0 Å². The average molecular weight is 515 g/mol. The van der Waals surface area contributed by atoms with Crippen LogP contribution in [-0.2, 0) is 30.3 Å². The van der Waals surface area contributed by atoms with Crippen molar-refractivity contribution in [2.24, 2.45) is 11.8 Å². The topological polar surface area (TPSA) is 84.9 Å². The number of hydrogen-bond donors (Lipinski definition) is 1. The van der Waals surface area contributed by atoms with E-state index in [0.717, 1.165) is 31.2 Å². The molecule has 0 aliphatic heterocycles. The predicted molar refractivity (Wildman–Crippen MR) is 144 cm³/mol. The molecule has 1 aromatic carbocycles. The fourth-order valence-corrected chi connectivity index (χ4v) is 6.08. The minimum Gasteiger partial charge on any atom is -0.465 e. The maximum absolute atomic E-state index is 14.0. The number of fused-ring (bicyclic) bond motifs is 2. The molecule has 0 unspecified atom stereocenters. The molecule has 0 heterocycles. The van der Waals surface area contributed by atoms with E-state index in [4.69, 9.17) is 9.47 Å². The summed E-state index contributed by atoms with van der Waals surface area (Å²) in [4.78, 5) is 41.5. The van der Waals surface area contributed by atoms with Gasteiger partial charge in [-0.1, -0.05) is 43.2 Å². The molecule has 1 aromatic rings. The highest BCUT2D eigenvalue weighted by atomic mass is 16.6. The molecule has 1 N–H and O–H groups in total. The van der Waals surface area contributed by atoms with Crippen LogP contribution in [0.15, 0.2) is 30.3 Å². The highest BCUT2D eigenvalue weighted by Crippen LogP contribution is 2.43. The molecule has 2 fully saturated rings. The lowest BCUT2D eigenvalue weighted by Crippen LogP contribution is -2.59. The fourth-order valence-electron chi connectivity index (χ4n) is 6.08. The highest BCUT2D eigenvalue weighted by Gasteiger charge is 2.43. The van der Waals surface area contributed by atoms with Crippen LogP contribution in [-0.4, -0.2) is 59.6 Å². The number of rotatable bonds is 11. The Labute approximate surface area is 222 Å². The van der Waals surface area contributed by atoms with Crippen LogP contribution in [0.5, 0.6) is 0 Å². The standard InChI is InChI=1S/C30H46N2O5/c1-6-36-29(35)25(19-18-22-12-8-7-9-13-22)31-21(2)28(34)32(20-26(33)37-30(3,4)5)27-23-14-10-15-24(27)17-11-16-23/h7-9,12-13,21,23-25,27,31H,6,10-11,14-20H2,1-5H3/t21-,23?,24?,25-,27?/m0/s1. The molecule has 2 atom stereocenters. The number of ether oxygens (including phenoxy) is 2. The molecule has 3 rings (SSSR count). The third-order valence-electron chi connectivity index (χ3n) is 7.59. The monoisotopic (exact) mass is 514 g/mol. The summed E-state index contributed by atoms with van der Waals surface area (Å²) in [6.45, 7) is 9.31. The summed E-state index contributed by atoms with van der Waals surface area (Å²) in [6.07, 6.45) is 7.91. The Balaban J connectivity index is 1.77. The molecule has 0 spiro atoms. The molecule has 2 saturated carbocycles. The number of carbonyl (C=O) groups is 3. The number of amides is 1. The van der Waals surface area contributed by atoms with Gasteiger partial charge in [0.1, 0.15) is 18.2 Å². The molecular formula is C30H46N2O5. The highest BCUT2D eigenvalue weighted by molar-refractivity contribution is 5.87. The minimum atomic E-state index is -0.643. The summed E-state index contributed by atoms with van der Waals surface area (Å²) >= 11 is 0. The number of carbonyl (C=O) groups excluding carboxylic acids is 3. The summed E-state index contributed by atoms with van der Waals surface area (Å²) in [6, 6.07) is 8.75. The molecule has 2 aliphatic rings. The van der Waals surface area contributed by atoms with Crippen molar-refractivity contribution in [3.8, 4) is 0 Å². The Hall–Kier alpha value is -2.41. The van der Waals surface area contributed by atoms with Gasteiger partial charge in [-0.05, 0) is 90.5 Å². The molecular weight excluding hydrogens is 468 g/mol. The number of aryl methyl sites for hydroxylation is 1. The van der Waals surface area contributed by atoms with Crippen LogP contribution in [0.1, 0.15) is 85.1 Å². The van der Waals surface area contributed by atoms with Crippen LogP contribution in [0.25, 0.3) is 0 Å². The van der Waals surface area contributed by atoms with Gasteiger partial charge in [0, 0.05) is 6.04 Å². The summed E-state index contributed by atoms with van der Waals surface area (Å²) in [5.74, 6) is -0.0762. The summed E-state index contributed by atoms with van der Waals surface area (Å²) in [7, 11) is 0. The molecule has 0 saturated heterocycles. The smallest absolute Gasteiger partial charge is 0.326 e. The Morgan fingerprint density at radius 2 is 1.62 bits per heavy atom. The minimum absolute atomic E-state index is 0.0390. The third kappa shape index (κ3) is 8.56. The van der Waals surface area contributed by atoms with Crippen LogP contribution < -0.4 is 5.32 Å². The molecule has 0 aromatic heterocycles. The van der Waals surface area contributed by atoms with Crippen LogP contribution in [0.3, 0.4) is 0 Å². The molecule has 0 radical (unpaired) electrons. The molecule has 37 heavy (non-hydrogen) atoms. The van der Waals surface area contributed by atoms with Crippen molar-refractivity contribution in [3.63, 3.8) is 0 Å². The van der Waals surface area contributed by atoms with E-state index in [2.05, 4.69) is 5.32 Å². The molecule has 206 valence electrons. The first-order valence-electron chi connectivity index (χ1n) is 14.1. The summed E-state index contributed by atoms with van der Waals surface area (Å²) < 4.78 is 11.0. The molecule has 7 nitrogen and oxygen atoms in total. The van der Waals surface area contributed by atoms with E-state index in [0.29, 0.717) is 24.7 Å². The fraction of sp³-hybridized carbons (Fsp3) is 0.700. The molecule has 7 heteroatoms. The van der Waals surface area contributed by atoms with Gasteiger partial charge in [0.05, 0.1) is 12.6 Å². The lowest BCUT2D eigenvalue weighted by molar-refractivity contribution is -0.163. The number of esters is 2. The van der Waals surface area contributed by atoms with Gasteiger partial charge < -0.3 is 14.4 Å². The maximum atomic E-state index is 14.0. The van der Waals surface area contributed by atoms with Crippen molar-refractivity contribution in [1.82, 2.24) is 10.2 Å². The Morgan fingerprint density at radius 1 is 1.03 bits per heavy atom. The van der Waals surface area contributed by atoms with Gasteiger partial charge in [0.2, 0.25) is 5.91 Å². The van der Waals surface area contributed by atoms with E-state index in [1.807, 2.05) is 51.1 Å². The first kappa shape index (κ1) is 29.2. The Kier molecular flexibility index (Phi) is 10.6. The van der Waals surface area contributed by atoms with Crippen molar-refractivity contribution in [2.75, 3.05) is 13.2 Å². The predicted octanol–water partition coefficient (Wildman–Crippen LogP) is 4.67. The zero-order valence-electron chi connectivity index (χ0n) is 23.3. The van der Waals surface area contributed by atoms with Crippen LogP contribution >= 0.6 is 0 Å². The molecule has 1 amide bonds. The van der Waals surface area contributed by atoms with E-state index in [1.165, 1.54) is 12.8 Å². The Bertz CT molecular complexity index is 875. The summed E-state index contributed by atoms with van der Waals surface area (Å²) in [5, 5.41) is 3.26. The quantitative estimate of drug-likeness (QED) is 0.432. The van der Waals surface area contributed by atoms with Crippen molar-refractivity contribution < 1.29 is 23.9 Å². The van der Waals surface area contributed by atoms with E-state index >= 15 is 0 Å². The number of nitrogens with one attached hydrogen (secondary N) is 1. The van der Waals surface area contributed by atoms with Gasteiger partial charge in [0.25, 0.3) is 0 Å². The van der Waals surface area contributed by atoms with Crippen LogP contribution in [0, 0.1) is 11.8 Å². The molecule has 2 aliphatic carbocycles. The van der Waals surface area contributed by atoms with Gasteiger partial charge in [-0.25, -0.2) is 0 Å². The molecule has 2 bridgehead atoms. The first-order chi connectivity index (χ1) is 17.6. The first-order valence-corrected chi connectivity index (χ1v) is 14.1. The second kappa shape index (κ2) is 13.4. The van der Waals surface area contributed by atoms with E-state index in [-0.39, 0.29) is 37.0 Å². The number of nitrogens with zero attached hydrogens (tertiary/aromatic N) is 1. The summed E-state index contributed by atoms with van der Waals surface area (Å²) in [5.41, 5.74) is 0.504. The zero-order valence-corrected chi connectivity index (χ0v) is 23.3. The van der Waals surface area contributed by atoms with E-state index < -0.39 is 17.7 Å². The zero-order chi connectivity index (χ0) is 27.0. The largest absolute Gasteiger partial charge is 0.465 e. The van der Waals surface area contributed by atoms with Gasteiger partial charge in [-0.3, -0.25) is 19.7 Å². The number of benzene rings is 1. The van der Waals surface area contributed by atoms with E-state index in [1.54, 1.807) is 18.7 Å². The second-order valence-corrected chi connectivity index (χ2v) is 11.6. The van der Waals surface area contributed by atoms with Crippen molar-refractivity contribution in [1.29, 1.82) is 0 Å². The maximum Gasteiger partial charge on any atom is 0.326 e. The lowest BCUT2D eigenvalue weighted by Gasteiger charge is -2.48. The van der Waals surface area contributed by atoms with Crippen LogP contribution in [0.4, 0.5) is 0 Å². The van der Waals surface area contributed by atoms with E-state index in [9.17, 15) is 14.4 Å². The van der Waals surface area contributed by atoms with Crippen molar-refractivity contribution in [3.05, 3.63) is 35.9 Å². The van der Waals surface area contributed by atoms with Gasteiger partial charge in [-0.15, -0.1) is 0 Å². The Morgan fingerprint density at radius 3 is 2.16 bits per heavy atom. The van der Waals surface area contributed by atoms with Crippen molar-refractivity contribution in [2.45, 2.75) is 110 Å². The third-order valence-corrected chi connectivity index (χ3v) is 7.59. The second-order valence-electron chi connectivity index (χ2n) is 11.6. The van der Waals surface area contributed by atoms with Crippen molar-refractivity contribution >= 4 is 17.8 Å². The van der Waals surface area contributed by atoms with Gasteiger partial charge in [0.15, 0.2) is 0 Å². The lowest BCUT2D eigenvalue weighted by atomic mass is 9.67. The normalized spacial score (nSPS) is 23.0. The van der Waals surface area contributed by atoms with Gasteiger partial charge >= 0.3 is 11.9 Å². The number of hydrogen-bond acceptors (Lipinski definition) is 6. The SMILES string of the molecule is CCOC(=O)[C@H](CCc1ccccc1)N[C@@H](C)C(=O)N(CC(=O)OC(C)(C)C)C1C2CCCC1CCC2. The van der Waals surface area contributed by atoms with Gasteiger partial charge in [-0.2, -0.15) is 0 Å².